The first-order valence-electron chi connectivity index (χ1n) is 6.07. The predicted octanol–water partition coefficient (Wildman–Crippen LogP) is 1.45. The second-order valence-corrected chi connectivity index (χ2v) is 4.12. The average Bonchev–Trinajstić information content (AvgIpc) is 2.70. The quantitative estimate of drug-likeness (QED) is 0.741. The minimum absolute atomic E-state index is 0.689. The van der Waals surface area contributed by atoms with E-state index < -0.39 is 0 Å². The molecule has 0 fully saturated rings. The molecule has 0 aliphatic heterocycles. The van der Waals surface area contributed by atoms with E-state index in [1.165, 1.54) is 5.56 Å². The van der Waals surface area contributed by atoms with E-state index in [1.807, 2.05) is 18.3 Å². The third-order valence-electron chi connectivity index (χ3n) is 2.50. The van der Waals surface area contributed by atoms with E-state index in [0.717, 1.165) is 31.7 Å². The van der Waals surface area contributed by atoms with Crippen LogP contribution in [0.4, 0.5) is 5.95 Å². The van der Waals surface area contributed by atoms with Crippen molar-refractivity contribution in [2.45, 2.75) is 20.3 Å². The molecule has 2 rings (SSSR count). The molecule has 0 spiro atoms. The van der Waals surface area contributed by atoms with Gasteiger partial charge in [0, 0.05) is 19.3 Å². The Morgan fingerprint density at radius 3 is 3.00 bits per heavy atom. The standard InChI is InChI=1S/C12H19N5/c1-3-5-13-6-7-14-12-15-11-9-10(2)4-8-17(11)16-12/h4,8-9,13H,3,5-7H2,1-2H3,(H,14,16). The van der Waals surface area contributed by atoms with E-state index in [0.29, 0.717) is 5.95 Å². The predicted molar refractivity (Wildman–Crippen MR) is 69.4 cm³/mol. The Bertz CT molecular complexity index is 477. The second-order valence-electron chi connectivity index (χ2n) is 4.12. The molecular formula is C12H19N5. The van der Waals surface area contributed by atoms with Crippen LogP contribution in [0.5, 0.6) is 0 Å². The lowest BCUT2D eigenvalue weighted by Crippen LogP contribution is -2.23. The maximum Gasteiger partial charge on any atom is 0.243 e. The maximum atomic E-state index is 4.40. The zero-order valence-corrected chi connectivity index (χ0v) is 10.4. The Kier molecular flexibility index (Phi) is 3.93. The molecule has 0 saturated carbocycles. The van der Waals surface area contributed by atoms with Gasteiger partial charge in [-0.2, -0.15) is 4.98 Å². The van der Waals surface area contributed by atoms with E-state index in [2.05, 4.69) is 34.6 Å². The van der Waals surface area contributed by atoms with Gasteiger partial charge in [-0.3, -0.25) is 0 Å². The fourth-order valence-electron chi connectivity index (χ4n) is 1.62. The van der Waals surface area contributed by atoms with Crippen molar-refractivity contribution in [3.63, 3.8) is 0 Å². The van der Waals surface area contributed by atoms with Crippen LogP contribution in [0.2, 0.25) is 0 Å². The summed E-state index contributed by atoms with van der Waals surface area (Å²) in [6, 6.07) is 4.04. The first-order chi connectivity index (χ1) is 8.29. The number of anilines is 1. The molecule has 17 heavy (non-hydrogen) atoms. The van der Waals surface area contributed by atoms with Crippen LogP contribution in [0.15, 0.2) is 18.3 Å². The molecule has 0 aromatic carbocycles. The smallest absolute Gasteiger partial charge is 0.243 e. The fourth-order valence-corrected chi connectivity index (χ4v) is 1.62. The summed E-state index contributed by atoms with van der Waals surface area (Å²) in [5.74, 6) is 0.689. The van der Waals surface area contributed by atoms with E-state index in [-0.39, 0.29) is 0 Å². The van der Waals surface area contributed by atoms with Gasteiger partial charge in [0.05, 0.1) is 0 Å². The monoisotopic (exact) mass is 233 g/mol. The van der Waals surface area contributed by atoms with Crippen molar-refractivity contribution in [3.8, 4) is 0 Å². The topological polar surface area (TPSA) is 54.2 Å². The first-order valence-corrected chi connectivity index (χ1v) is 6.07. The molecule has 5 heteroatoms. The number of hydrogen-bond donors (Lipinski definition) is 2. The summed E-state index contributed by atoms with van der Waals surface area (Å²) in [6.45, 7) is 7.04. The summed E-state index contributed by atoms with van der Waals surface area (Å²) < 4.78 is 1.79. The van der Waals surface area contributed by atoms with Crippen LogP contribution in [0.25, 0.3) is 5.65 Å². The summed E-state index contributed by atoms with van der Waals surface area (Å²) in [6.07, 6.45) is 3.09. The summed E-state index contributed by atoms with van der Waals surface area (Å²) in [4.78, 5) is 4.40. The number of nitrogens with one attached hydrogen (secondary N) is 2. The zero-order valence-electron chi connectivity index (χ0n) is 10.4. The van der Waals surface area contributed by atoms with Crippen molar-refractivity contribution in [1.29, 1.82) is 0 Å². The Balaban J connectivity index is 1.91. The highest BCUT2D eigenvalue weighted by atomic mass is 15.3. The van der Waals surface area contributed by atoms with Gasteiger partial charge in [0.1, 0.15) is 0 Å². The molecule has 2 heterocycles. The lowest BCUT2D eigenvalue weighted by molar-refractivity contribution is 0.686. The van der Waals surface area contributed by atoms with E-state index in [1.54, 1.807) is 4.52 Å². The lowest BCUT2D eigenvalue weighted by atomic mass is 10.3. The van der Waals surface area contributed by atoms with Crippen molar-refractivity contribution in [2.24, 2.45) is 0 Å². The summed E-state index contributed by atoms with van der Waals surface area (Å²) in [7, 11) is 0. The number of hydrogen-bond acceptors (Lipinski definition) is 4. The minimum Gasteiger partial charge on any atom is -0.352 e. The van der Waals surface area contributed by atoms with E-state index in [9.17, 15) is 0 Å². The Morgan fingerprint density at radius 2 is 2.18 bits per heavy atom. The summed E-state index contributed by atoms with van der Waals surface area (Å²) in [5.41, 5.74) is 2.08. The SMILES string of the molecule is CCCNCCNc1nc2cc(C)ccn2n1. The molecule has 92 valence electrons. The number of nitrogens with zero attached hydrogens (tertiary/aromatic N) is 3. The number of rotatable bonds is 6. The maximum absolute atomic E-state index is 4.40. The molecule has 5 nitrogen and oxygen atoms in total. The van der Waals surface area contributed by atoms with Crippen LogP contribution < -0.4 is 10.6 Å². The van der Waals surface area contributed by atoms with Gasteiger partial charge in [-0.15, -0.1) is 5.10 Å². The second kappa shape index (κ2) is 5.63. The summed E-state index contributed by atoms with van der Waals surface area (Å²) in [5, 5.41) is 10.9. The normalized spacial score (nSPS) is 10.9. The molecule has 2 aromatic heterocycles. The third kappa shape index (κ3) is 3.17. The van der Waals surface area contributed by atoms with Crippen molar-refractivity contribution in [1.82, 2.24) is 19.9 Å². The van der Waals surface area contributed by atoms with Gasteiger partial charge in [-0.25, -0.2) is 4.52 Å². The molecule has 0 atom stereocenters. The molecule has 0 radical (unpaired) electrons. The van der Waals surface area contributed by atoms with Crippen molar-refractivity contribution in [3.05, 3.63) is 23.9 Å². The molecule has 0 aliphatic rings. The van der Waals surface area contributed by atoms with E-state index >= 15 is 0 Å². The minimum atomic E-state index is 0.689. The average molecular weight is 233 g/mol. The highest BCUT2D eigenvalue weighted by molar-refractivity contribution is 5.45. The molecule has 2 N–H and O–H groups in total. The summed E-state index contributed by atoms with van der Waals surface area (Å²) >= 11 is 0. The van der Waals surface area contributed by atoms with Crippen LogP contribution in [0, 0.1) is 6.92 Å². The number of pyridine rings is 1. The highest BCUT2D eigenvalue weighted by Gasteiger charge is 2.01. The van der Waals surface area contributed by atoms with Gasteiger partial charge < -0.3 is 10.6 Å². The highest BCUT2D eigenvalue weighted by Crippen LogP contribution is 2.06. The number of aromatic nitrogens is 3. The van der Waals surface area contributed by atoms with Crippen LogP contribution in [0.1, 0.15) is 18.9 Å². The van der Waals surface area contributed by atoms with Gasteiger partial charge in [0.25, 0.3) is 0 Å². The van der Waals surface area contributed by atoms with Crippen molar-refractivity contribution in [2.75, 3.05) is 25.0 Å². The Labute approximate surface area is 101 Å². The van der Waals surface area contributed by atoms with Crippen LogP contribution in [0.3, 0.4) is 0 Å². The van der Waals surface area contributed by atoms with Gasteiger partial charge in [-0.1, -0.05) is 6.92 Å². The Hall–Kier alpha value is -1.62. The largest absolute Gasteiger partial charge is 0.352 e. The van der Waals surface area contributed by atoms with Crippen LogP contribution in [-0.4, -0.2) is 34.2 Å². The van der Waals surface area contributed by atoms with E-state index in [4.69, 9.17) is 0 Å². The molecule has 2 aromatic rings. The van der Waals surface area contributed by atoms with Gasteiger partial charge >= 0.3 is 0 Å². The number of fused-ring (bicyclic) bond motifs is 1. The van der Waals surface area contributed by atoms with Crippen LogP contribution >= 0.6 is 0 Å². The van der Waals surface area contributed by atoms with Crippen molar-refractivity contribution >= 4 is 11.6 Å². The van der Waals surface area contributed by atoms with Crippen LogP contribution in [-0.2, 0) is 0 Å². The fraction of sp³-hybridized carbons (Fsp3) is 0.500. The number of aryl methyl sites for hydroxylation is 1. The zero-order chi connectivity index (χ0) is 12.1. The molecule has 0 saturated heterocycles. The molecule has 0 aliphatic carbocycles. The molecular weight excluding hydrogens is 214 g/mol. The van der Waals surface area contributed by atoms with Gasteiger partial charge in [-0.05, 0) is 37.6 Å². The molecule has 0 amide bonds. The lowest BCUT2D eigenvalue weighted by Gasteiger charge is -2.02. The molecule has 0 bridgehead atoms. The Morgan fingerprint density at radius 1 is 1.29 bits per heavy atom. The third-order valence-corrected chi connectivity index (χ3v) is 2.50. The van der Waals surface area contributed by atoms with Gasteiger partial charge in [0.2, 0.25) is 5.95 Å². The molecule has 0 unspecified atom stereocenters. The first kappa shape index (κ1) is 11.9. The van der Waals surface area contributed by atoms with Gasteiger partial charge in [0.15, 0.2) is 5.65 Å². The van der Waals surface area contributed by atoms with Crippen molar-refractivity contribution < 1.29 is 0 Å².